The molecule has 0 amide bonds. The summed E-state index contributed by atoms with van der Waals surface area (Å²) >= 11 is 0. The Hall–Kier alpha value is -1.58. The summed E-state index contributed by atoms with van der Waals surface area (Å²) in [6.07, 6.45) is 5.61. The molecule has 0 aromatic carbocycles. The van der Waals surface area contributed by atoms with E-state index in [1.165, 1.54) is 11.9 Å². The second-order valence-electron chi connectivity index (χ2n) is 3.91. The average molecular weight is 219 g/mol. The van der Waals surface area contributed by atoms with Gasteiger partial charge in [0.2, 0.25) is 5.88 Å². The van der Waals surface area contributed by atoms with Gasteiger partial charge in [-0.3, -0.25) is 0 Å². The molecule has 2 aromatic heterocycles. The van der Waals surface area contributed by atoms with Crippen LogP contribution in [0.4, 0.5) is 0 Å². The summed E-state index contributed by atoms with van der Waals surface area (Å²) in [7, 11) is 0. The maximum Gasteiger partial charge on any atom is 0.226 e. The monoisotopic (exact) mass is 219 g/mol. The largest absolute Gasteiger partial charge is 0.474 e. The molecule has 0 aliphatic rings. The fourth-order valence-corrected chi connectivity index (χ4v) is 1.64. The predicted molar refractivity (Wildman–Crippen MR) is 63.6 cm³/mol. The van der Waals surface area contributed by atoms with Gasteiger partial charge in [0.05, 0.1) is 11.5 Å². The molecule has 4 heteroatoms. The van der Waals surface area contributed by atoms with Gasteiger partial charge in [-0.25, -0.2) is 9.97 Å². The maximum atomic E-state index is 5.81. The number of H-pyrrole nitrogens is 1. The van der Waals surface area contributed by atoms with Gasteiger partial charge in [-0.05, 0) is 25.3 Å². The van der Waals surface area contributed by atoms with Crippen molar-refractivity contribution in [2.24, 2.45) is 0 Å². The zero-order chi connectivity index (χ0) is 11.5. The molecule has 0 bridgehead atoms. The van der Waals surface area contributed by atoms with Crippen molar-refractivity contribution >= 4 is 11.0 Å². The summed E-state index contributed by atoms with van der Waals surface area (Å²) in [5.41, 5.74) is 2.05. The standard InChI is InChI=1S/C12H17N3O/c1-4-8(3)16-12-10-9(5-2)6-13-11(10)14-7-15-12/h6-8H,4-5H2,1-3H3,(H,13,14,15). The van der Waals surface area contributed by atoms with E-state index in [1.54, 1.807) is 0 Å². The molecule has 0 saturated carbocycles. The summed E-state index contributed by atoms with van der Waals surface area (Å²) in [4.78, 5) is 11.6. The number of nitrogens with zero attached hydrogens (tertiary/aromatic N) is 2. The van der Waals surface area contributed by atoms with E-state index in [0.29, 0.717) is 5.88 Å². The van der Waals surface area contributed by atoms with E-state index in [2.05, 4.69) is 28.8 Å². The molecule has 0 radical (unpaired) electrons. The Morgan fingerprint density at radius 3 is 2.88 bits per heavy atom. The SMILES string of the molecule is CCc1c[nH]c2ncnc(OC(C)CC)c12. The third-order valence-electron chi connectivity index (χ3n) is 2.79. The molecule has 0 fully saturated rings. The average Bonchev–Trinajstić information content (AvgIpc) is 2.73. The van der Waals surface area contributed by atoms with E-state index in [0.717, 1.165) is 23.9 Å². The molecule has 1 atom stereocenters. The number of aryl methyl sites for hydroxylation is 1. The topological polar surface area (TPSA) is 50.8 Å². The molecule has 4 nitrogen and oxygen atoms in total. The molecule has 0 aliphatic heterocycles. The number of rotatable bonds is 4. The van der Waals surface area contributed by atoms with Crippen LogP contribution < -0.4 is 4.74 Å². The van der Waals surface area contributed by atoms with Crippen LogP contribution in [-0.2, 0) is 6.42 Å². The number of hydrogen-bond acceptors (Lipinski definition) is 3. The predicted octanol–water partition coefficient (Wildman–Crippen LogP) is 2.70. The van der Waals surface area contributed by atoms with Crippen LogP contribution in [0.2, 0.25) is 0 Å². The van der Waals surface area contributed by atoms with Gasteiger partial charge < -0.3 is 9.72 Å². The molecule has 2 aromatic rings. The summed E-state index contributed by atoms with van der Waals surface area (Å²) < 4.78 is 5.81. The molecule has 86 valence electrons. The molecule has 2 rings (SSSR count). The fraction of sp³-hybridized carbons (Fsp3) is 0.500. The van der Waals surface area contributed by atoms with Crippen LogP contribution in [0.3, 0.4) is 0 Å². The minimum Gasteiger partial charge on any atom is -0.474 e. The zero-order valence-corrected chi connectivity index (χ0v) is 9.95. The van der Waals surface area contributed by atoms with Gasteiger partial charge >= 0.3 is 0 Å². The Balaban J connectivity index is 2.46. The lowest BCUT2D eigenvalue weighted by Crippen LogP contribution is -2.11. The Kier molecular flexibility index (Phi) is 3.08. The second-order valence-corrected chi connectivity index (χ2v) is 3.91. The van der Waals surface area contributed by atoms with E-state index in [-0.39, 0.29) is 6.10 Å². The van der Waals surface area contributed by atoms with Gasteiger partial charge in [-0.15, -0.1) is 0 Å². The third kappa shape index (κ3) is 1.87. The summed E-state index contributed by atoms with van der Waals surface area (Å²) in [6, 6.07) is 0. The second kappa shape index (κ2) is 4.51. The number of aromatic amines is 1. The van der Waals surface area contributed by atoms with Crippen LogP contribution in [0, 0.1) is 0 Å². The van der Waals surface area contributed by atoms with Crippen molar-refractivity contribution in [2.75, 3.05) is 0 Å². The van der Waals surface area contributed by atoms with Gasteiger partial charge in [0.1, 0.15) is 12.0 Å². The third-order valence-corrected chi connectivity index (χ3v) is 2.79. The Bertz CT molecular complexity index is 478. The Labute approximate surface area is 95.1 Å². The number of hydrogen-bond donors (Lipinski definition) is 1. The maximum absolute atomic E-state index is 5.81. The number of fused-ring (bicyclic) bond motifs is 1. The smallest absolute Gasteiger partial charge is 0.226 e. The number of ether oxygens (including phenoxy) is 1. The number of aromatic nitrogens is 3. The van der Waals surface area contributed by atoms with Crippen LogP contribution in [-0.4, -0.2) is 21.1 Å². The van der Waals surface area contributed by atoms with Gasteiger partial charge in [-0.1, -0.05) is 13.8 Å². The van der Waals surface area contributed by atoms with Crippen LogP contribution in [0.25, 0.3) is 11.0 Å². The van der Waals surface area contributed by atoms with E-state index in [9.17, 15) is 0 Å². The molecular formula is C12H17N3O. The van der Waals surface area contributed by atoms with Crippen LogP contribution >= 0.6 is 0 Å². The van der Waals surface area contributed by atoms with Crippen molar-refractivity contribution < 1.29 is 4.74 Å². The molecular weight excluding hydrogens is 202 g/mol. The first-order chi connectivity index (χ1) is 7.76. The van der Waals surface area contributed by atoms with Crippen molar-refractivity contribution in [3.05, 3.63) is 18.1 Å². The Morgan fingerprint density at radius 2 is 2.19 bits per heavy atom. The lowest BCUT2D eigenvalue weighted by molar-refractivity contribution is 0.211. The zero-order valence-electron chi connectivity index (χ0n) is 9.95. The van der Waals surface area contributed by atoms with Crippen molar-refractivity contribution in [2.45, 2.75) is 39.7 Å². The van der Waals surface area contributed by atoms with Gasteiger partial charge in [-0.2, -0.15) is 0 Å². The van der Waals surface area contributed by atoms with Gasteiger partial charge in [0, 0.05) is 6.20 Å². The highest BCUT2D eigenvalue weighted by Gasteiger charge is 2.12. The normalized spacial score (nSPS) is 12.9. The summed E-state index contributed by atoms with van der Waals surface area (Å²) in [5, 5.41) is 1.02. The van der Waals surface area contributed by atoms with E-state index in [1.807, 2.05) is 13.1 Å². The quantitative estimate of drug-likeness (QED) is 0.860. The first kappa shape index (κ1) is 10.9. The lowest BCUT2D eigenvalue weighted by Gasteiger charge is -2.12. The highest BCUT2D eigenvalue weighted by Crippen LogP contribution is 2.26. The number of nitrogens with one attached hydrogen (secondary N) is 1. The highest BCUT2D eigenvalue weighted by molar-refractivity contribution is 5.84. The van der Waals surface area contributed by atoms with Crippen molar-refractivity contribution in [3.8, 4) is 5.88 Å². The molecule has 2 heterocycles. The summed E-state index contributed by atoms with van der Waals surface area (Å²) in [6.45, 7) is 6.26. The van der Waals surface area contributed by atoms with E-state index < -0.39 is 0 Å². The summed E-state index contributed by atoms with van der Waals surface area (Å²) in [5.74, 6) is 0.692. The molecule has 1 N–H and O–H groups in total. The Morgan fingerprint density at radius 1 is 1.38 bits per heavy atom. The fourth-order valence-electron chi connectivity index (χ4n) is 1.64. The van der Waals surface area contributed by atoms with Crippen molar-refractivity contribution in [3.63, 3.8) is 0 Å². The molecule has 0 aliphatic carbocycles. The van der Waals surface area contributed by atoms with Gasteiger partial charge in [0.15, 0.2) is 0 Å². The minimum absolute atomic E-state index is 0.178. The lowest BCUT2D eigenvalue weighted by atomic mass is 10.2. The van der Waals surface area contributed by atoms with Crippen LogP contribution in [0.15, 0.2) is 12.5 Å². The molecule has 0 saturated heterocycles. The first-order valence-electron chi connectivity index (χ1n) is 5.73. The van der Waals surface area contributed by atoms with Gasteiger partial charge in [0.25, 0.3) is 0 Å². The molecule has 16 heavy (non-hydrogen) atoms. The van der Waals surface area contributed by atoms with Crippen molar-refractivity contribution in [1.82, 2.24) is 15.0 Å². The minimum atomic E-state index is 0.178. The molecule has 0 spiro atoms. The van der Waals surface area contributed by atoms with Crippen LogP contribution in [0.1, 0.15) is 32.8 Å². The van der Waals surface area contributed by atoms with Crippen LogP contribution in [0.5, 0.6) is 5.88 Å². The van der Waals surface area contributed by atoms with Crippen molar-refractivity contribution in [1.29, 1.82) is 0 Å². The first-order valence-corrected chi connectivity index (χ1v) is 5.73. The highest BCUT2D eigenvalue weighted by atomic mass is 16.5. The van der Waals surface area contributed by atoms with E-state index >= 15 is 0 Å². The molecule has 1 unspecified atom stereocenters. The van der Waals surface area contributed by atoms with E-state index in [4.69, 9.17) is 4.74 Å².